The molecular formula is C21H19BrN4O2. The van der Waals surface area contributed by atoms with Gasteiger partial charge >= 0.3 is 0 Å². The molecule has 4 rings (SSSR count). The number of hydrogen-bond donors (Lipinski definition) is 1. The molecule has 0 radical (unpaired) electrons. The second-order valence-corrected chi connectivity index (χ2v) is 8.67. The van der Waals surface area contributed by atoms with Gasteiger partial charge in [0.25, 0.3) is 0 Å². The van der Waals surface area contributed by atoms with Crippen LogP contribution in [-0.2, 0) is 9.47 Å². The fraction of sp³-hybridized carbons (Fsp3) is 0.524. The van der Waals surface area contributed by atoms with Crippen molar-refractivity contribution in [2.75, 3.05) is 0 Å². The van der Waals surface area contributed by atoms with Crippen LogP contribution < -0.4 is 0 Å². The molecule has 0 amide bonds. The Kier molecular flexibility index (Phi) is 4.46. The number of benzene rings is 1. The summed E-state index contributed by atoms with van der Waals surface area (Å²) < 4.78 is 13.3. The summed E-state index contributed by atoms with van der Waals surface area (Å²) in [6.45, 7) is 0. The molecule has 2 heterocycles. The Morgan fingerprint density at radius 3 is 2.32 bits per heavy atom. The van der Waals surface area contributed by atoms with Gasteiger partial charge in [-0.25, -0.2) is 0 Å². The molecule has 1 aromatic carbocycles. The molecule has 0 spiro atoms. The van der Waals surface area contributed by atoms with Gasteiger partial charge in [0.1, 0.15) is 6.10 Å². The van der Waals surface area contributed by atoms with Crippen molar-refractivity contribution in [1.82, 2.24) is 0 Å². The normalized spacial score (nSPS) is 35.9. The SMILES string of the molecule is N#CC1(C#N)C(c2ccc(Br)cc2)OC23CCCCCCC2C1(C#N)C(=N)O3. The van der Waals surface area contributed by atoms with Gasteiger partial charge in [-0.1, -0.05) is 47.3 Å². The molecule has 0 aromatic heterocycles. The first-order chi connectivity index (χ1) is 13.5. The van der Waals surface area contributed by atoms with Crippen molar-refractivity contribution in [2.45, 2.75) is 50.4 Å². The molecule has 28 heavy (non-hydrogen) atoms. The highest BCUT2D eigenvalue weighted by molar-refractivity contribution is 9.10. The van der Waals surface area contributed by atoms with E-state index >= 15 is 0 Å². The van der Waals surface area contributed by atoms with Crippen molar-refractivity contribution in [2.24, 2.45) is 16.7 Å². The van der Waals surface area contributed by atoms with E-state index in [0.717, 1.165) is 30.2 Å². The van der Waals surface area contributed by atoms with Crippen LogP contribution in [0.3, 0.4) is 0 Å². The maximum Gasteiger partial charge on any atom is 0.217 e. The van der Waals surface area contributed by atoms with Gasteiger partial charge in [0, 0.05) is 10.9 Å². The second-order valence-electron chi connectivity index (χ2n) is 7.75. The lowest BCUT2D eigenvalue weighted by Crippen LogP contribution is -2.59. The molecule has 2 bridgehead atoms. The van der Waals surface area contributed by atoms with E-state index in [1.165, 1.54) is 0 Å². The zero-order valence-corrected chi connectivity index (χ0v) is 16.8. The monoisotopic (exact) mass is 438 g/mol. The highest BCUT2D eigenvalue weighted by Crippen LogP contribution is 2.68. The van der Waals surface area contributed by atoms with Crippen LogP contribution in [-0.4, -0.2) is 11.7 Å². The van der Waals surface area contributed by atoms with Crippen LogP contribution in [0.25, 0.3) is 0 Å². The van der Waals surface area contributed by atoms with E-state index < -0.39 is 28.6 Å². The first-order valence-electron chi connectivity index (χ1n) is 9.45. The van der Waals surface area contributed by atoms with Gasteiger partial charge in [-0.2, -0.15) is 15.8 Å². The minimum atomic E-state index is -1.86. The summed E-state index contributed by atoms with van der Waals surface area (Å²) in [5.74, 6) is -1.95. The molecule has 1 N–H and O–H groups in total. The number of rotatable bonds is 1. The zero-order valence-electron chi connectivity index (χ0n) is 15.2. The van der Waals surface area contributed by atoms with Crippen LogP contribution in [0.1, 0.15) is 50.2 Å². The van der Waals surface area contributed by atoms with Crippen molar-refractivity contribution in [3.05, 3.63) is 34.3 Å². The van der Waals surface area contributed by atoms with Gasteiger partial charge in [0.2, 0.25) is 17.1 Å². The number of ether oxygens (including phenoxy) is 2. The Balaban J connectivity index is 1.97. The molecule has 1 aromatic rings. The van der Waals surface area contributed by atoms with E-state index in [1.54, 1.807) is 12.1 Å². The number of nitrogens with zero attached hydrogens (tertiary/aromatic N) is 3. The van der Waals surface area contributed by atoms with Crippen LogP contribution in [0.15, 0.2) is 28.7 Å². The van der Waals surface area contributed by atoms with Gasteiger partial charge in [-0.3, -0.25) is 5.41 Å². The number of nitrogens with one attached hydrogen (secondary N) is 1. The molecular weight excluding hydrogens is 420 g/mol. The third-order valence-electron chi connectivity index (χ3n) is 6.49. The molecule has 1 aliphatic carbocycles. The topological polar surface area (TPSA) is 114 Å². The summed E-state index contributed by atoms with van der Waals surface area (Å²) >= 11 is 3.39. The summed E-state index contributed by atoms with van der Waals surface area (Å²) in [6.07, 6.45) is 3.91. The van der Waals surface area contributed by atoms with Crippen LogP contribution in [0.2, 0.25) is 0 Å². The van der Waals surface area contributed by atoms with Gasteiger partial charge in [0.15, 0.2) is 5.41 Å². The maximum atomic E-state index is 10.3. The van der Waals surface area contributed by atoms with Gasteiger partial charge in [0.05, 0.1) is 24.1 Å². The Labute approximate surface area is 172 Å². The largest absolute Gasteiger partial charge is 0.447 e. The van der Waals surface area contributed by atoms with Crippen LogP contribution in [0.4, 0.5) is 0 Å². The lowest BCUT2D eigenvalue weighted by atomic mass is 9.52. The fourth-order valence-corrected chi connectivity index (χ4v) is 5.42. The third kappa shape index (κ3) is 2.23. The quantitative estimate of drug-likeness (QED) is 0.679. The zero-order chi connectivity index (χ0) is 20.0. The second kappa shape index (κ2) is 6.59. The van der Waals surface area contributed by atoms with Crippen molar-refractivity contribution in [1.29, 1.82) is 21.2 Å². The molecule has 7 heteroatoms. The predicted octanol–water partition coefficient (Wildman–Crippen LogP) is 4.74. The standard InChI is InChI=1S/C21H19BrN4O2/c22-15-8-6-14(7-9-15)17-19(11-23,12-24)20(13-25)16-5-3-1-2-4-10-21(16,27-17)28-18(20)26/h6-9,16-17,26H,1-5,10H2. The van der Waals surface area contributed by atoms with Crippen molar-refractivity contribution < 1.29 is 9.47 Å². The van der Waals surface area contributed by atoms with Crippen LogP contribution >= 0.6 is 15.9 Å². The highest BCUT2D eigenvalue weighted by Gasteiger charge is 2.79. The number of hydrogen-bond acceptors (Lipinski definition) is 6. The third-order valence-corrected chi connectivity index (χ3v) is 7.02. The van der Waals surface area contributed by atoms with E-state index in [4.69, 9.17) is 14.9 Å². The average molecular weight is 439 g/mol. The first-order valence-corrected chi connectivity index (χ1v) is 10.2. The molecule has 142 valence electrons. The highest BCUT2D eigenvalue weighted by atomic mass is 79.9. The Morgan fingerprint density at radius 1 is 1.00 bits per heavy atom. The van der Waals surface area contributed by atoms with Crippen LogP contribution in [0.5, 0.6) is 0 Å². The Bertz CT molecular complexity index is 927. The number of nitriles is 3. The van der Waals surface area contributed by atoms with E-state index in [9.17, 15) is 15.8 Å². The summed E-state index contributed by atoms with van der Waals surface area (Å²) in [5.41, 5.74) is -2.88. The smallest absolute Gasteiger partial charge is 0.217 e. The fourth-order valence-electron chi connectivity index (χ4n) is 5.15. The van der Waals surface area contributed by atoms with Gasteiger partial charge < -0.3 is 9.47 Å². The predicted molar refractivity (Wildman–Crippen MR) is 102 cm³/mol. The molecule has 4 atom stereocenters. The Morgan fingerprint density at radius 2 is 1.68 bits per heavy atom. The minimum absolute atomic E-state index is 0.301. The minimum Gasteiger partial charge on any atom is -0.447 e. The van der Waals surface area contributed by atoms with E-state index in [0.29, 0.717) is 18.4 Å². The lowest BCUT2D eigenvalue weighted by Gasteiger charge is -2.50. The lowest BCUT2D eigenvalue weighted by molar-refractivity contribution is -0.289. The summed E-state index contributed by atoms with van der Waals surface area (Å²) in [6, 6.07) is 13.6. The summed E-state index contributed by atoms with van der Waals surface area (Å²) in [4.78, 5) is 0. The first kappa shape index (κ1) is 18.9. The molecule has 3 fully saturated rings. The molecule has 2 aliphatic heterocycles. The molecule has 6 nitrogen and oxygen atoms in total. The van der Waals surface area contributed by atoms with Crippen molar-refractivity contribution >= 4 is 21.8 Å². The van der Waals surface area contributed by atoms with Crippen LogP contribution in [0, 0.1) is 56.2 Å². The molecule has 1 saturated carbocycles. The van der Waals surface area contributed by atoms with Gasteiger partial charge in [-0.05, 0) is 30.5 Å². The van der Waals surface area contributed by atoms with E-state index in [2.05, 4.69) is 34.1 Å². The van der Waals surface area contributed by atoms with Crippen molar-refractivity contribution in [3.8, 4) is 18.2 Å². The van der Waals surface area contributed by atoms with E-state index in [-0.39, 0.29) is 5.90 Å². The van der Waals surface area contributed by atoms with E-state index in [1.807, 2.05) is 12.1 Å². The molecule has 3 aliphatic rings. The molecule has 2 saturated heterocycles. The Hall–Kier alpha value is -2.40. The van der Waals surface area contributed by atoms with Gasteiger partial charge in [-0.15, -0.1) is 0 Å². The summed E-state index contributed by atoms with van der Waals surface area (Å²) in [7, 11) is 0. The van der Waals surface area contributed by atoms with Crippen molar-refractivity contribution in [3.63, 3.8) is 0 Å². The number of halogens is 1. The maximum absolute atomic E-state index is 10.3. The molecule has 4 unspecified atom stereocenters. The average Bonchev–Trinajstić information content (AvgIpc) is 2.86. The summed E-state index contributed by atoms with van der Waals surface area (Å²) in [5, 5.41) is 39.3.